The highest BCUT2D eigenvalue weighted by Crippen LogP contribution is 2.22. The number of aromatic nitrogens is 2. The molecule has 3 rings (SSSR count). The molecule has 20 heavy (non-hydrogen) atoms. The zero-order valence-electron chi connectivity index (χ0n) is 10.8. The van der Waals surface area contributed by atoms with Crippen LogP contribution >= 0.6 is 11.6 Å². The first-order valence-electron chi connectivity index (χ1n) is 6.46. The molecule has 1 aliphatic rings. The lowest BCUT2D eigenvalue weighted by molar-refractivity contribution is 0.596. The maximum absolute atomic E-state index is 13.8. The van der Waals surface area contributed by atoms with Gasteiger partial charge in [0.25, 0.3) is 0 Å². The molecule has 104 valence electrons. The summed E-state index contributed by atoms with van der Waals surface area (Å²) in [4.78, 5) is 12.3. The van der Waals surface area contributed by atoms with Gasteiger partial charge in [0.15, 0.2) is 0 Å². The first kappa shape index (κ1) is 13.1. The third kappa shape index (κ3) is 2.67. The van der Waals surface area contributed by atoms with Crippen LogP contribution < -0.4 is 9.80 Å². The van der Waals surface area contributed by atoms with E-state index in [-0.39, 0.29) is 5.82 Å². The summed E-state index contributed by atoms with van der Waals surface area (Å²) in [6.45, 7) is 3.06. The molecule has 2 aromatic rings. The average molecular weight is 293 g/mol. The number of piperazine rings is 1. The lowest BCUT2D eigenvalue weighted by Crippen LogP contribution is -2.47. The molecule has 1 saturated heterocycles. The fourth-order valence-corrected chi connectivity index (χ4v) is 2.52. The monoisotopic (exact) mass is 292 g/mol. The van der Waals surface area contributed by atoms with Crippen molar-refractivity contribution in [3.63, 3.8) is 0 Å². The summed E-state index contributed by atoms with van der Waals surface area (Å²) in [5.41, 5.74) is 0.660. The van der Waals surface area contributed by atoms with Crippen LogP contribution in [0.2, 0.25) is 5.15 Å². The van der Waals surface area contributed by atoms with Gasteiger partial charge in [-0.3, -0.25) is 0 Å². The van der Waals surface area contributed by atoms with Crippen LogP contribution in [0.4, 0.5) is 15.9 Å². The Bertz CT molecular complexity index is 599. The molecule has 0 aliphatic carbocycles. The SMILES string of the molecule is Fc1ccccc1N1CCN(c2cc(Cl)ncn2)CC1. The molecule has 4 nitrogen and oxygen atoms in total. The van der Waals surface area contributed by atoms with E-state index in [1.165, 1.54) is 12.4 Å². The maximum atomic E-state index is 13.8. The molecular formula is C14H14ClFN4. The standard InChI is InChI=1S/C14H14ClFN4/c15-13-9-14(18-10-17-13)20-7-5-19(6-8-20)12-4-2-1-3-11(12)16/h1-4,9-10H,5-8H2. The third-order valence-corrected chi connectivity index (χ3v) is 3.62. The van der Waals surface area contributed by atoms with Crippen molar-refractivity contribution in [1.29, 1.82) is 0 Å². The molecule has 1 aromatic heterocycles. The van der Waals surface area contributed by atoms with E-state index in [4.69, 9.17) is 11.6 Å². The van der Waals surface area contributed by atoms with Gasteiger partial charge >= 0.3 is 0 Å². The molecule has 1 aliphatic heterocycles. The van der Waals surface area contributed by atoms with Crippen LogP contribution in [-0.2, 0) is 0 Å². The van der Waals surface area contributed by atoms with E-state index in [0.717, 1.165) is 32.0 Å². The summed E-state index contributed by atoms with van der Waals surface area (Å²) < 4.78 is 13.8. The van der Waals surface area contributed by atoms with Crippen molar-refractivity contribution in [3.05, 3.63) is 47.6 Å². The second-order valence-corrected chi connectivity index (χ2v) is 5.01. The molecule has 0 atom stereocenters. The summed E-state index contributed by atoms with van der Waals surface area (Å²) in [5, 5.41) is 0.437. The van der Waals surface area contributed by atoms with Crippen molar-refractivity contribution < 1.29 is 4.39 Å². The van der Waals surface area contributed by atoms with Crippen LogP contribution in [0.5, 0.6) is 0 Å². The number of anilines is 2. The fraction of sp³-hybridized carbons (Fsp3) is 0.286. The van der Waals surface area contributed by atoms with E-state index in [9.17, 15) is 4.39 Å². The highest BCUT2D eigenvalue weighted by molar-refractivity contribution is 6.29. The lowest BCUT2D eigenvalue weighted by atomic mass is 10.2. The van der Waals surface area contributed by atoms with E-state index in [1.807, 2.05) is 12.1 Å². The van der Waals surface area contributed by atoms with Gasteiger partial charge in [0.2, 0.25) is 0 Å². The predicted octanol–water partition coefficient (Wildman–Crippen LogP) is 2.60. The summed E-state index contributed by atoms with van der Waals surface area (Å²) >= 11 is 5.87. The van der Waals surface area contributed by atoms with Gasteiger partial charge in [-0.1, -0.05) is 23.7 Å². The minimum atomic E-state index is -0.175. The van der Waals surface area contributed by atoms with Crippen LogP contribution in [0.15, 0.2) is 36.7 Å². The first-order chi connectivity index (χ1) is 9.74. The van der Waals surface area contributed by atoms with E-state index in [0.29, 0.717) is 10.8 Å². The molecule has 0 saturated carbocycles. The normalized spacial score (nSPS) is 15.5. The molecular weight excluding hydrogens is 279 g/mol. The number of nitrogens with zero attached hydrogens (tertiary/aromatic N) is 4. The zero-order chi connectivity index (χ0) is 13.9. The van der Waals surface area contributed by atoms with Gasteiger partial charge in [0.1, 0.15) is 23.1 Å². The summed E-state index contributed by atoms with van der Waals surface area (Å²) in [7, 11) is 0. The molecule has 0 amide bonds. The lowest BCUT2D eigenvalue weighted by Gasteiger charge is -2.36. The van der Waals surface area contributed by atoms with E-state index in [1.54, 1.807) is 12.1 Å². The van der Waals surface area contributed by atoms with Gasteiger partial charge in [-0.15, -0.1) is 0 Å². The molecule has 1 fully saturated rings. The van der Waals surface area contributed by atoms with Crippen LogP contribution in [0, 0.1) is 5.82 Å². The van der Waals surface area contributed by atoms with Gasteiger partial charge in [0.05, 0.1) is 5.69 Å². The highest BCUT2D eigenvalue weighted by Gasteiger charge is 2.20. The average Bonchev–Trinajstić information content (AvgIpc) is 2.48. The third-order valence-electron chi connectivity index (χ3n) is 3.42. The summed E-state index contributed by atoms with van der Waals surface area (Å²) in [6.07, 6.45) is 1.46. The first-order valence-corrected chi connectivity index (χ1v) is 6.84. The smallest absolute Gasteiger partial charge is 0.146 e. The Hall–Kier alpha value is -1.88. The highest BCUT2D eigenvalue weighted by atomic mass is 35.5. The molecule has 0 bridgehead atoms. The van der Waals surface area contributed by atoms with Crippen molar-refractivity contribution in [1.82, 2.24) is 9.97 Å². The fourth-order valence-electron chi connectivity index (χ4n) is 2.38. The van der Waals surface area contributed by atoms with Crippen molar-refractivity contribution in [2.45, 2.75) is 0 Å². The van der Waals surface area contributed by atoms with Crippen molar-refractivity contribution in [3.8, 4) is 0 Å². The number of hydrogen-bond donors (Lipinski definition) is 0. The largest absolute Gasteiger partial charge is 0.366 e. The zero-order valence-corrected chi connectivity index (χ0v) is 11.6. The molecule has 0 N–H and O–H groups in total. The van der Waals surface area contributed by atoms with Gasteiger partial charge in [0, 0.05) is 32.2 Å². The Morgan fingerprint density at radius 2 is 1.70 bits per heavy atom. The molecule has 0 radical (unpaired) electrons. The van der Waals surface area contributed by atoms with Gasteiger partial charge in [-0.05, 0) is 12.1 Å². The van der Waals surface area contributed by atoms with Crippen molar-refractivity contribution in [2.24, 2.45) is 0 Å². The molecule has 0 unspecified atom stereocenters. The molecule has 1 aromatic carbocycles. The Balaban J connectivity index is 1.70. The van der Waals surface area contributed by atoms with Gasteiger partial charge < -0.3 is 9.80 Å². The topological polar surface area (TPSA) is 32.3 Å². The Morgan fingerprint density at radius 3 is 2.40 bits per heavy atom. The number of benzene rings is 1. The van der Waals surface area contributed by atoms with Crippen molar-refractivity contribution in [2.75, 3.05) is 36.0 Å². The molecule has 6 heteroatoms. The van der Waals surface area contributed by atoms with Gasteiger partial charge in [-0.2, -0.15) is 0 Å². The van der Waals surface area contributed by atoms with Gasteiger partial charge in [-0.25, -0.2) is 14.4 Å². The molecule has 2 heterocycles. The Kier molecular flexibility index (Phi) is 3.69. The number of para-hydroxylation sites is 1. The number of rotatable bonds is 2. The van der Waals surface area contributed by atoms with E-state index in [2.05, 4.69) is 19.8 Å². The van der Waals surface area contributed by atoms with Crippen molar-refractivity contribution >= 4 is 23.1 Å². The van der Waals surface area contributed by atoms with Crippen LogP contribution in [0.25, 0.3) is 0 Å². The maximum Gasteiger partial charge on any atom is 0.146 e. The van der Waals surface area contributed by atoms with Crippen LogP contribution in [-0.4, -0.2) is 36.1 Å². The Labute approximate surface area is 121 Å². The van der Waals surface area contributed by atoms with Crippen LogP contribution in [0.3, 0.4) is 0 Å². The molecule has 0 spiro atoms. The quantitative estimate of drug-likeness (QED) is 0.797. The second-order valence-electron chi connectivity index (χ2n) is 4.62. The summed E-state index contributed by atoms with van der Waals surface area (Å²) in [6, 6.07) is 8.62. The van der Waals surface area contributed by atoms with E-state index >= 15 is 0 Å². The predicted molar refractivity (Wildman–Crippen MR) is 77.9 cm³/mol. The Morgan fingerprint density at radius 1 is 1.00 bits per heavy atom. The minimum absolute atomic E-state index is 0.175. The second kappa shape index (κ2) is 5.63. The summed E-state index contributed by atoms with van der Waals surface area (Å²) in [5.74, 6) is 0.643. The van der Waals surface area contributed by atoms with E-state index < -0.39 is 0 Å². The number of hydrogen-bond acceptors (Lipinski definition) is 4. The minimum Gasteiger partial charge on any atom is -0.366 e. The van der Waals surface area contributed by atoms with Crippen LogP contribution in [0.1, 0.15) is 0 Å². The number of halogens is 2.